The fourth-order valence-electron chi connectivity index (χ4n) is 2.78. The molecule has 0 aliphatic heterocycles. The molecule has 0 aromatic heterocycles. The van der Waals surface area contributed by atoms with Gasteiger partial charge in [0.2, 0.25) is 0 Å². The minimum absolute atomic E-state index is 0.336. The molecule has 0 spiro atoms. The van der Waals surface area contributed by atoms with Crippen molar-refractivity contribution in [3.63, 3.8) is 0 Å². The Hall–Kier alpha value is -1.84. The Bertz CT molecular complexity index is 534. The molecule has 1 aromatic carbocycles. The van der Waals surface area contributed by atoms with Crippen molar-refractivity contribution in [2.75, 3.05) is 13.2 Å². The third-order valence-corrected chi connectivity index (χ3v) is 4.50. The third-order valence-electron chi connectivity index (χ3n) is 4.50. The Morgan fingerprint density at radius 1 is 0.741 bits per heavy atom. The lowest BCUT2D eigenvalue weighted by Crippen LogP contribution is -2.09. The van der Waals surface area contributed by atoms with E-state index in [1.54, 1.807) is 24.3 Å². The Morgan fingerprint density at radius 3 is 1.63 bits per heavy atom. The summed E-state index contributed by atoms with van der Waals surface area (Å²) in [6.45, 7) is 7.51. The predicted octanol–water partition coefficient (Wildman–Crippen LogP) is 6.19. The van der Waals surface area contributed by atoms with Crippen molar-refractivity contribution in [2.24, 2.45) is 5.92 Å². The van der Waals surface area contributed by atoms with Crippen LogP contribution in [-0.2, 0) is 9.47 Å². The highest BCUT2D eigenvalue weighted by Gasteiger charge is 2.10. The number of hydrogen-bond acceptors (Lipinski definition) is 4. The van der Waals surface area contributed by atoms with Crippen LogP contribution in [0.15, 0.2) is 24.3 Å². The number of ether oxygens (including phenoxy) is 2. The summed E-state index contributed by atoms with van der Waals surface area (Å²) in [5.74, 6) is 0.0774. The average Bonchev–Trinajstić information content (AvgIpc) is 2.66. The second-order valence-electron chi connectivity index (χ2n) is 7.51. The van der Waals surface area contributed by atoms with Crippen LogP contribution >= 0.6 is 0 Å². The van der Waals surface area contributed by atoms with Gasteiger partial charge >= 0.3 is 11.9 Å². The van der Waals surface area contributed by atoms with Crippen LogP contribution in [0.1, 0.15) is 99.3 Å². The largest absolute Gasteiger partial charge is 0.462 e. The summed E-state index contributed by atoms with van der Waals surface area (Å²) in [4.78, 5) is 24.0. The lowest BCUT2D eigenvalue weighted by atomic mass is 10.0. The van der Waals surface area contributed by atoms with Gasteiger partial charge < -0.3 is 9.47 Å². The van der Waals surface area contributed by atoms with Gasteiger partial charge in [0.25, 0.3) is 0 Å². The first-order valence-corrected chi connectivity index (χ1v) is 10.5. The van der Waals surface area contributed by atoms with E-state index in [1.807, 2.05) is 0 Å². The van der Waals surface area contributed by atoms with Crippen molar-refractivity contribution >= 4 is 11.9 Å². The van der Waals surface area contributed by atoms with E-state index in [9.17, 15) is 9.59 Å². The molecule has 0 saturated carbocycles. The minimum Gasteiger partial charge on any atom is -0.462 e. The van der Waals surface area contributed by atoms with Crippen LogP contribution in [0.4, 0.5) is 0 Å². The molecule has 0 unspecified atom stereocenters. The summed E-state index contributed by atoms with van der Waals surface area (Å²) in [5.41, 5.74) is 0.932. The average molecular weight is 377 g/mol. The molecule has 0 N–H and O–H groups in total. The third kappa shape index (κ3) is 10.8. The van der Waals surface area contributed by atoms with Gasteiger partial charge in [0.05, 0.1) is 24.3 Å². The Labute approximate surface area is 164 Å². The van der Waals surface area contributed by atoms with Gasteiger partial charge in [-0.25, -0.2) is 9.59 Å². The first kappa shape index (κ1) is 23.2. The maximum atomic E-state index is 12.0. The van der Waals surface area contributed by atoms with Gasteiger partial charge in [-0.05, 0) is 43.0 Å². The minimum atomic E-state index is -0.340. The van der Waals surface area contributed by atoms with E-state index in [0.717, 1.165) is 44.4 Å². The van der Waals surface area contributed by atoms with Gasteiger partial charge in [-0.3, -0.25) is 0 Å². The molecule has 1 aromatic rings. The van der Waals surface area contributed by atoms with Gasteiger partial charge in [0, 0.05) is 0 Å². The summed E-state index contributed by atoms with van der Waals surface area (Å²) in [6.07, 6.45) is 9.94. The highest BCUT2D eigenvalue weighted by Crippen LogP contribution is 2.11. The normalized spacial score (nSPS) is 10.8. The lowest BCUT2D eigenvalue weighted by molar-refractivity contribution is 0.0483. The van der Waals surface area contributed by atoms with Crippen LogP contribution in [0.25, 0.3) is 0 Å². The summed E-state index contributed by atoms with van der Waals surface area (Å²) < 4.78 is 10.5. The number of unbranched alkanes of at least 4 members (excludes halogenated alkanes) is 6. The monoisotopic (exact) mass is 376 g/mol. The second-order valence-corrected chi connectivity index (χ2v) is 7.51. The van der Waals surface area contributed by atoms with E-state index >= 15 is 0 Å². The number of carbonyl (C=O) groups excluding carboxylic acids is 2. The molecule has 0 aliphatic rings. The highest BCUT2D eigenvalue weighted by molar-refractivity contribution is 5.93. The number of rotatable bonds is 14. The van der Waals surface area contributed by atoms with E-state index in [-0.39, 0.29) is 11.9 Å². The first-order chi connectivity index (χ1) is 13.0. The molecular formula is C23H36O4. The van der Waals surface area contributed by atoms with Gasteiger partial charge in [0.1, 0.15) is 0 Å². The second kappa shape index (κ2) is 14.2. The molecule has 0 amide bonds. The molecule has 27 heavy (non-hydrogen) atoms. The highest BCUT2D eigenvalue weighted by atomic mass is 16.5. The van der Waals surface area contributed by atoms with E-state index in [4.69, 9.17) is 9.47 Å². The zero-order valence-corrected chi connectivity index (χ0v) is 17.3. The van der Waals surface area contributed by atoms with Crippen molar-refractivity contribution in [1.29, 1.82) is 0 Å². The van der Waals surface area contributed by atoms with Gasteiger partial charge in [-0.2, -0.15) is 0 Å². The Morgan fingerprint density at radius 2 is 1.19 bits per heavy atom. The standard InChI is InChI=1S/C23H36O4/c1-4-5-6-10-17-26-22(24)20-13-15-21(16-14-20)23(25)27-18-11-8-7-9-12-19(2)3/h13-16,19H,4-12,17-18H2,1-3H3. The fourth-order valence-corrected chi connectivity index (χ4v) is 2.78. The van der Waals surface area contributed by atoms with Crippen molar-refractivity contribution in [1.82, 2.24) is 0 Å². The molecule has 0 saturated heterocycles. The molecule has 0 atom stereocenters. The summed E-state index contributed by atoms with van der Waals surface area (Å²) >= 11 is 0. The zero-order valence-electron chi connectivity index (χ0n) is 17.3. The molecule has 0 bridgehead atoms. The molecule has 0 aliphatic carbocycles. The zero-order chi connectivity index (χ0) is 19.9. The van der Waals surface area contributed by atoms with E-state index in [0.29, 0.717) is 24.3 Å². The fraction of sp³-hybridized carbons (Fsp3) is 0.652. The van der Waals surface area contributed by atoms with Crippen LogP contribution < -0.4 is 0 Å². The summed E-state index contributed by atoms with van der Waals surface area (Å²) in [7, 11) is 0. The Kier molecular flexibility index (Phi) is 12.2. The van der Waals surface area contributed by atoms with Crippen molar-refractivity contribution in [3.8, 4) is 0 Å². The molecule has 1 rings (SSSR count). The lowest BCUT2D eigenvalue weighted by Gasteiger charge is -2.07. The van der Waals surface area contributed by atoms with Crippen molar-refractivity contribution in [3.05, 3.63) is 35.4 Å². The quantitative estimate of drug-likeness (QED) is 0.287. The maximum Gasteiger partial charge on any atom is 0.338 e. The van der Waals surface area contributed by atoms with Crippen LogP contribution in [-0.4, -0.2) is 25.2 Å². The van der Waals surface area contributed by atoms with Crippen LogP contribution in [0, 0.1) is 5.92 Å². The molecule has 0 heterocycles. The van der Waals surface area contributed by atoms with Crippen LogP contribution in [0.3, 0.4) is 0 Å². The molecule has 0 fully saturated rings. The van der Waals surface area contributed by atoms with Gasteiger partial charge in [0.15, 0.2) is 0 Å². The van der Waals surface area contributed by atoms with E-state index in [1.165, 1.54) is 19.3 Å². The smallest absolute Gasteiger partial charge is 0.338 e. The first-order valence-electron chi connectivity index (χ1n) is 10.5. The SMILES string of the molecule is CCCCCCOC(=O)c1ccc(C(=O)OCCCCCCC(C)C)cc1. The van der Waals surface area contributed by atoms with Gasteiger partial charge in [-0.15, -0.1) is 0 Å². The molecular weight excluding hydrogens is 340 g/mol. The van der Waals surface area contributed by atoms with Crippen LogP contribution in [0.5, 0.6) is 0 Å². The van der Waals surface area contributed by atoms with Gasteiger partial charge in [-0.1, -0.05) is 65.7 Å². The number of hydrogen-bond donors (Lipinski definition) is 0. The van der Waals surface area contributed by atoms with Crippen molar-refractivity contribution in [2.45, 2.75) is 78.6 Å². The van der Waals surface area contributed by atoms with E-state index in [2.05, 4.69) is 20.8 Å². The topological polar surface area (TPSA) is 52.6 Å². The van der Waals surface area contributed by atoms with Crippen LogP contribution in [0.2, 0.25) is 0 Å². The summed E-state index contributed by atoms with van der Waals surface area (Å²) in [6, 6.07) is 6.49. The number of benzene rings is 1. The molecule has 4 nitrogen and oxygen atoms in total. The molecule has 4 heteroatoms. The maximum absolute atomic E-state index is 12.0. The van der Waals surface area contributed by atoms with Crippen molar-refractivity contribution < 1.29 is 19.1 Å². The molecule has 152 valence electrons. The molecule has 0 radical (unpaired) electrons. The predicted molar refractivity (Wildman–Crippen MR) is 109 cm³/mol. The van der Waals surface area contributed by atoms with E-state index < -0.39 is 0 Å². The Balaban J connectivity index is 2.23. The number of esters is 2. The number of carbonyl (C=O) groups is 2. The summed E-state index contributed by atoms with van der Waals surface area (Å²) in [5, 5.41) is 0.